The number of hydrogen-bond acceptors (Lipinski definition) is 6. The van der Waals surface area contributed by atoms with Crippen molar-refractivity contribution < 1.29 is 30.8 Å². The van der Waals surface area contributed by atoms with Gasteiger partial charge in [-0.2, -0.15) is 0 Å². The first-order valence-corrected chi connectivity index (χ1v) is 11.3. The van der Waals surface area contributed by atoms with Gasteiger partial charge in [0, 0.05) is 11.9 Å². The van der Waals surface area contributed by atoms with Crippen LogP contribution in [-0.2, 0) is 24.7 Å². The van der Waals surface area contributed by atoms with Crippen LogP contribution < -0.4 is 14.8 Å². The molecule has 0 fully saturated rings. The topological polar surface area (TPSA) is 119 Å². The summed E-state index contributed by atoms with van der Waals surface area (Å²) in [6.45, 7) is 1.24. The van der Waals surface area contributed by atoms with Crippen LogP contribution in [-0.4, -0.2) is 41.4 Å². The lowest BCUT2D eigenvalue weighted by Crippen LogP contribution is -2.31. The van der Waals surface area contributed by atoms with Gasteiger partial charge in [-0.1, -0.05) is 0 Å². The number of carbonyl (C=O) groups excluding carboxylic acids is 1. The minimum atomic E-state index is -4.05. The van der Waals surface area contributed by atoms with Crippen molar-refractivity contribution in [3.05, 3.63) is 48.3 Å². The molecule has 2 aromatic carbocycles. The number of sulfone groups is 1. The predicted molar refractivity (Wildman–Crippen MR) is 103 cm³/mol. The Bertz CT molecular complexity index is 1080. The number of halogens is 1. The molecule has 1 atom stereocenters. The number of hydrogen-bond donors (Lipinski definition) is 2. The molecule has 0 radical (unpaired) electrons. The van der Waals surface area contributed by atoms with E-state index in [4.69, 9.17) is 4.74 Å². The first-order valence-electron chi connectivity index (χ1n) is 7.90. The molecule has 0 aromatic heterocycles. The summed E-state index contributed by atoms with van der Waals surface area (Å²) in [6, 6.07) is 8.34. The minimum Gasteiger partial charge on any atom is -0.495 e. The molecule has 0 bridgehead atoms. The smallest absolute Gasteiger partial charge is 0.262 e. The molecule has 0 spiro atoms. The number of ether oxygens (including phenoxy) is 1. The Hall–Kier alpha value is -2.66. The second-order valence-electron chi connectivity index (χ2n) is 5.94. The zero-order chi connectivity index (χ0) is 21.1. The Balaban J connectivity index is 2.32. The van der Waals surface area contributed by atoms with Crippen molar-refractivity contribution in [2.45, 2.75) is 17.1 Å². The van der Waals surface area contributed by atoms with E-state index in [0.717, 1.165) is 30.5 Å². The van der Waals surface area contributed by atoms with Gasteiger partial charge in [0.1, 0.15) is 16.8 Å². The van der Waals surface area contributed by atoms with Crippen molar-refractivity contribution in [2.75, 3.05) is 23.4 Å². The maximum atomic E-state index is 13.0. The van der Waals surface area contributed by atoms with Gasteiger partial charge in [0.2, 0.25) is 5.91 Å². The highest BCUT2D eigenvalue weighted by molar-refractivity contribution is 7.92. The van der Waals surface area contributed by atoms with E-state index in [9.17, 15) is 26.0 Å². The van der Waals surface area contributed by atoms with Crippen LogP contribution in [0.1, 0.15) is 6.92 Å². The van der Waals surface area contributed by atoms with E-state index in [-0.39, 0.29) is 22.0 Å². The van der Waals surface area contributed by atoms with Crippen LogP contribution in [0.3, 0.4) is 0 Å². The molecule has 152 valence electrons. The maximum absolute atomic E-state index is 13.0. The maximum Gasteiger partial charge on any atom is 0.262 e. The van der Waals surface area contributed by atoms with Crippen LogP contribution in [0, 0.1) is 5.82 Å². The molecule has 0 saturated carbocycles. The van der Waals surface area contributed by atoms with Crippen LogP contribution >= 0.6 is 0 Å². The molecule has 1 unspecified atom stereocenters. The van der Waals surface area contributed by atoms with Gasteiger partial charge in [-0.05, 0) is 49.4 Å². The number of anilines is 2. The summed E-state index contributed by atoms with van der Waals surface area (Å²) >= 11 is 0. The Labute approximate surface area is 162 Å². The number of sulfonamides is 1. The normalized spacial score (nSPS) is 12.9. The fourth-order valence-electron chi connectivity index (χ4n) is 2.12. The van der Waals surface area contributed by atoms with Gasteiger partial charge in [0.25, 0.3) is 10.0 Å². The Kier molecular flexibility index (Phi) is 6.30. The van der Waals surface area contributed by atoms with Gasteiger partial charge in [-0.3, -0.25) is 9.52 Å². The third kappa shape index (κ3) is 5.20. The van der Waals surface area contributed by atoms with E-state index in [2.05, 4.69) is 10.0 Å². The second kappa shape index (κ2) is 8.15. The van der Waals surface area contributed by atoms with E-state index in [1.807, 2.05) is 0 Å². The SMILES string of the molecule is COc1ccc(NC(=O)C(C)S(C)(=O)=O)cc1NS(=O)(=O)c1ccc(F)cc1. The van der Waals surface area contributed by atoms with E-state index in [0.29, 0.717) is 0 Å². The molecule has 1 amide bonds. The Morgan fingerprint density at radius 2 is 1.68 bits per heavy atom. The molecule has 0 aliphatic rings. The van der Waals surface area contributed by atoms with Crippen LogP contribution in [0.5, 0.6) is 5.75 Å². The number of carbonyl (C=O) groups is 1. The lowest BCUT2D eigenvalue weighted by atomic mass is 10.2. The molecule has 0 heterocycles. The number of amides is 1. The summed E-state index contributed by atoms with van der Waals surface area (Å²) in [7, 11) is -6.32. The van der Waals surface area contributed by atoms with E-state index < -0.39 is 36.8 Å². The predicted octanol–water partition coefficient (Wildman–Crippen LogP) is 2.01. The van der Waals surface area contributed by atoms with Crippen LogP contribution in [0.2, 0.25) is 0 Å². The zero-order valence-corrected chi connectivity index (χ0v) is 16.9. The minimum absolute atomic E-state index is 0.0108. The summed E-state index contributed by atoms with van der Waals surface area (Å²) < 4.78 is 68.4. The fraction of sp³-hybridized carbons (Fsp3) is 0.235. The standard InChI is InChI=1S/C17H19FN2O6S2/c1-11(27(3,22)23)17(21)19-13-6-9-16(26-2)15(10-13)20-28(24,25)14-7-4-12(18)5-8-14/h4-11,20H,1-3H3,(H,19,21). The summed E-state index contributed by atoms with van der Waals surface area (Å²) in [6.07, 6.45) is 0.938. The van der Waals surface area contributed by atoms with E-state index in [1.54, 1.807) is 0 Å². The number of benzene rings is 2. The van der Waals surface area contributed by atoms with Crippen LogP contribution in [0.4, 0.5) is 15.8 Å². The monoisotopic (exact) mass is 430 g/mol. The second-order valence-corrected chi connectivity index (χ2v) is 9.98. The summed E-state index contributed by atoms with van der Waals surface area (Å²) in [5.74, 6) is -1.18. The first kappa shape index (κ1) is 21.6. The highest BCUT2D eigenvalue weighted by atomic mass is 32.2. The molecule has 8 nitrogen and oxygen atoms in total. The van der Waals surface area contributed by atoms with Crippen molar-refractivity contribution in [2.24, 2.45) is 0 Å². The van der Waals surface area contributed by atoms with Gasteiger partial charge in [-0.15, -0.1) is 0 Å². The number of methoxy groups -OCH3 is 1. The lowest BCUT2D eigenvalue weighted by Gasteiger charge is -2.15. The third-order valence-corrected chi connectivity index (χ3v) is 6.73. The number of nitrogens with one attached hydrogen (secondary N) is 2. The number of rotatable bonds is 7. The molecule has 0 saturated heterocycles. The first-order chi connectivity index (χ1) is 12.9. The van der Waals surface area contributed by atoms with Crippen molar-refractivity contribution in [3.8, 4) is 5.75 Å². The fourth-order valence-corrected chi connectivity index (χ4v) is 3.63. The largest absolute Gasteiger partial charge is 0.495 e. The molecule has 0 aliphatic heterocycles. The van der Waals surface area contributed by atoms with Gasteiger partial charge >= 0.3 is 0 Å². The van der Waals surface area contributed by atoms with Gasteiger partial charge in [0.15, 0.2) is 9.84 Å². The summed E-state index contributed by atoms with van der Waals surface area (Å²) in [5, 5.41) is 1.13. The molecule has 2 rings (SSSR count). The van der Waals surface area contributed by atoms with E-state index >= 15 is 0 Å². The van der Waals surface area contributed by atoms with Gasteiger partial charge in [-0.25, -0.2) is 21.2 Å². The Morgan fingerprint density at radius 1 is 1.07 bits per heavy atom. The van der Waals surface area contributed by atoms with Crippen LogP contribution in [0.15, 0.2) is 47.4 Å². The highest BCUT2D eigenvalue weighted by Crippen LogP contribution is 2.30. The summed E-state index contributed by atoms with van der Waals surface area (Å²) in [4.78, 5) is 11.9. The highest BCUT2D eigenvalue weighted by Gasteiger charge is 2.24. The van der Waals surface area contributed by atoms with Crippen molar-refractivity contribution in [1.82, 2.24) is 0 Å². The molecular weight excluding hydrogens is 411 g/mol. The zero-order valence-electron chi connectivity index (χ0n) is 15.3. The third-order valence-electron chi connectivity index (χ3n) is 3.85. The molecule has 11 heteroatoms. The summed E-state index contributed by atoms with van der Waals surface area (Å²) in [5.41, 5.74) is 0.176. The molecule has 0 aliphatic carbocycles. The molecular formula is C17H19FN2O6S2. The average Bonchev–Trinajstić information content (AvgIpc) is 2.60. The molecule has 2 N–H and O–H groups in total. The van der Waals surface area contributed by atoms with Gasteiger partial charge in [0.05, 0.1) is 17.7 Å². The molecule has 28 heavy (non-hydrogen) atoms. The van der Waals surface area contributed by atoms with Gasteiger partial charge < -0.3 is 10.1 Å². The van der Waals surface area contributed by atoms with Crippen molar-refractivity contribution >= 4 is 37.1 Å². The van der Waals surface area contributed by atoms with Crippen molar-refractivity contribution in [3.63, 3.8) is 0 Å². The molecule has 2 aromatic rings. The lowest BCUT2D eigenvalue weighted by molar-refractivity contribution is -0.115. The van der Waals surface area contributed by atoms with Crippen LogP contribution in [0.25, 0.3) is 0 Å². The van der Waals surface area contributed by atoms with Crippen molar-refractivity contribution in [1.29, 1.82) is 0 Å². The van der Waals surface area contributed by atoms with E-state index in [1.165, 1.54) is 32.2 Å². The Morgan fingerprint density at radius 3 is 2.21 bits per heavy atom. The average molecular weight is 430 g/mol. The quantitative estimate of drug-likeness (QED) is 0.694.